The smallest absolute Gasteiger partial charge is 0.246 e. The fourth-order valence-electron chi connectivity index (χ4n) is 2.31. The number of nitrogens with one attached hydrogen (secondary N) is 2. The number of amides is 1. The van der Waals surface area contributed by atoms with Gasteiger partial charge in [0.15, 0.2) is 0 Å². The number of methoxy groups -OCH3 is 1. The highest BCUT2D eigenvalue weighted by molar-refractivity contribution is 5.77. The number of hydrogen-bond acceptors (Lipinski definition) is 9. The number of carbonyl (C=O) groups excluding carboxylic acids is 1. The first kappa shape index (κ1) is 31.1. The molecule has 1 amide bonds. The molecule has 32 heavy (non-hydrogen) atoms. The predicted molar refractivity (Wildman–Crippen MR) is 122 cm³/mol. The van der Waals surface area contributed by atoms with Crippen LogP contribution in [0.1, 0.15) is 26.7 Å². The van der Waals surface area contributed by atoms with Crippen molar-refractivity contribution in [3.05, 3.63) is 0 Å². The van der Waals surface area contributed by atoms with Crippen LogP contribution in [0.25, 0.3) is 0 Å². The minimum atomic E-state index is -0.142. The van der Waals surface area contributed by atoms with E-state index in [1.165, 1.54) is 0 Å². The lowest BCUT2D eigenvalue weighted by molar-refractivity contribution is -0.126. The van der Waals surface area contributed by atoms with Crippen LogP contribution in [0, 0.1) is 0 Å². The van der Waals surface area contributed by atoms with Crippen molar-refractivity contribution in [2.75, 3.05) is 106 Å². The van der Waals surface area contributed by atoms with Crippen LogP contribution in [-0.2, 0) is 38.0 Å². The third kappa shape index (κ3) is 27.2. The average Bonchev–Trinajstić information content (AvgIpc) is 2.77. The Morgan fingerprint density at radius 2 is 1.06 bits per heavy atom. The standard InChI is InChI=1S/C22H46N2O8/c1-21(2)23-6-4-8-27-12-14-30-15-13-28-9-5-7-24-22(25)20-32-19-18-31-17-16-29-11-10-26-3/h21,23H,4-20H2,1-3H3,(H,24,25). The molecular weight excluding hydrogens is 420 g/mol. The van der Waals surface area contributed by atoms with Gasteiger partial charge in [-0.15, -0.1) is 0 Å². The van der Waals surface area contributed by atoms with Gasteiger partial charge in [-0.25, -0.2) is 0 Å². The topological polar surface area (TPSA) is 106 Å². The van der Waals surface area contributed by atoms with Crippen molar-refractivity contribution in [1.29, 1.82) is 0 Å². The highest BCUT2D eigenvalue weighted by atomic mass is 16.6. The van der Waals surface area contributed by atoms with E-state index in [2.05, 4.69) is 24.5 Å². The predicted octanol–water partition coefficient (Wildman–Crippen LogP) is 0.627. The number of rotatable bonds is 26. The Morgan fingerprint density at radius 3 is 1.56 bits per heavy atom. The molecule has 10 nitrogen and oxygen atoms in total. The Morgan fingerprint density at radius 1 is 0.625 bits per heavy atom. The Kier molecular flexibility index (Phi) is 25.7. The van der Waals surface area contributed by atoms with Crippen molar-refractivity contribution in [3.63, 3.8) is 0 Å². The van der Waals surface area contributed by atoms with Crippen molar-refractivity contribution in [2.45, 2.75) is 32.7 Å². The summed E-state index contributed by atoms with van der Waals surface area (Å²) in [4.78, 5) is 11.6. The third-order valence-electron chi connectivity index (χ3n) is 3.96. The zero-order valence-corrected chi connectivity index (χ0v) is 20.4. The molecule has 0 unspecified atom stereocenters. The Hall–Kier alpha value is -0.850. The second-order valence-corrected chi connectivity index (χ2v) is 7.27. The molecular formula is C22H46N2O8. The third-order valence-corrected chi connectivity index (χ3v) is 3.96. The molecule has 192 valence electrons. The summed E-state index contributed by atoms with van der Waals surface area (Å²) in [6.45, 7) is 12.3. The second kappa shape index (κ2) is 26.4. The van der Waals surface area contributed by atoms with Gasteiger partial charge in [-0.3, -0.25) is 4.79 Å². The van der Waals surface area contributed by atoms with Crippen LogP contribution in [0.4, 0.5) is 0 Å². The summed E-state index contributed by atoms with van der Waals surface area (Å²) >= 11 is 0. The van der Waals surface area contributed by atoms with Gasteiger partial charge in [0.05, 0.1) is 66.1 Å². The first-order valence-electron chi connectivity index (χ1n) is 11.6. The Balaban J connectivity index is 3.14. The van der Waals surface area contributed by atoms with Crippen LogP contribution in [-0.4, -0.2) is 118 Å². The molecule has 0 saturated heterocycles. The fraction of sp³-hybridized carbons (Fsp3) is 0.955. The average molecular weight is 467 g/mol. The van der Waals surface area contributed by atoms with Gasteiger partial charge < -0.3 is 43.8 Å². The van der Waals surface area contributed by atoms with Gasteiger partial charge in [-0.2, -0.15) is 0 Å². The molecule has 0 aromatic carbocycles. The van der Waals surface area contributed by atoms with Crippen molar-refractivity contribution < 1.29 is 38.0 Å². The van der Waals surface area contributed by atoms with E-state index in [9.17, 15) is 4.79 Å². The molecule has 0 heterocycles. The van der Waals surface area contributed by atoms with E-state index in [-0.39, 0.29) is 12.5 Å². The highest BCUT2D eigenvalue weighted by Crippen LogP contribution is 1.87. The van der Waals surface area contributed by atoms with Gasteiger partial charge in [0.1, 0.15) is 6.61 Å². The normalized spacial score (nSPS) is 11.4. The molecule has 0 rings (SSSR count). The molecule has 0 aromatic heterocycles. The molecule has 0 aliphatic heterocycles. The van der Waals surface area contributed by atoms with Crippen molar-refractivity contribution in [2.24, 2.45) is 0 Å². The Labute approximate surface area is 193 Å². The SMILES string of the molecule is COCCOCCOCCOCC(=O)NCCCOCCOCCOCCCNC(C)C. The highest BCUT2D eigenvalue weighted by Gasteiger charge is 2.01. The Bertz CT molecular complexity index is 389. The van der Waals surface area contributed by atoms with Crippen LogP contribution in [0.3, 0.4) is 0 Å². The zero-order valence-electron chi connectivity index (χ0n) is 20.4. The lowest BCUT2D eigenvalue weighted by atomic mass is 10.3. The lowest BCUT2D eigenvalue weighted by Crippen LogP contribution is -2.29. The summed E-state index contributed by atoms with van der Waals surface area (Å²) in [5.41, 5.74) is 0. The number of ether oxygens (including phenoxy) is 7. The van der Waals surface area contributed by atoms with E-state index in [4.69, 9.17) is 33.2 Å². The van der Waals surface area contributed by atoms with E-state index >= 15 is 0 Å². The quantitative estimate of drug-likeness (QED) is 0.178. The molecule has 0 fully saturated rings. The molecule has 10 heteroatoms. The second-order valence-electron chi connectivity index (χ2n) is 7.27. The fourth-order valence-corrected chi connectivity index (χ4v) is 2.31. The number of carbonyl (C=O) groups is 1. The summed E-state index contributed by atoms with van der Waals surface area (Å²) in [6, 6.07) is 0.516. The van der Waals surface area contributed by atoms with E-state index in [1.807, 2.05) is 0 Å². The van der Waals surface area contributed by atoms with Gasteiger partial charge in [0, 0.05) is 32.9 Å². The van der Waals surface area contributed by atoms with Crippen LogP contribution in [0.15, 0.2) is 0 Å². The zero-order chi connectivity index (χ0) is 23.5. The minimum Gasteiger partial charge on any atom is -0.382 e. The molecule has 0 bridgehead atoms. The maximum atomic E-state index is 11.6. The van der Waals surface area contributed by atoms with Crippen molar-refractivity contribution in [3.8, 4) is 0 Å². The first-order valence-corrected chi connectivity index (χ1v) is 11.6. The summed E-state index contributed by atoms with van der Waals surface area (Å²) in [6.07, 6.45) is 1.75. The van der Waals surface area contributed by atoms with Crippen molar-refractivity contribution >= 4 is 5.91 Å². The van der Waals surface area contributed by atoms with Gasteiger partial charge in [0.2, 0.25) is 5.91 Å². The molecule has 0 aromatic rings. The molecule has 0 saturated carbocycles. The maximum Gasteiger partial charge on any atom is 0.246 e. The van der Waals surface area contributed by atoms with Crippen LogP contribution in [0.2, 0.25) is 0 Å². The van der Waals surface area contributed by atoms with E-state index in [0.29, 0.717) is 85.3 Å². The van der Waals surface area contributed by atoms with Crippen LogP contribution < -0.4 is 10.6 Å². The molecule has 0 spiro atoms. The first-order chi connectivity index (χ1) is 15.7. The van der Waals surface area contributed by atoms with E-state index in [1.54, 1.807) is 7.11 Å². The molecule has 0 radical (unpaired) electrons. The summed E-state index contributed by atoms with van der Waals surface area (Å²) in [5, 5.41) is 6.14. The number of hydrogen-bond donors (Lipinski definition) is 2. The van der Waals surface area contributed by atoms with Crippen LogP contribution >= 0.6 is 0 Å². The van der Waals surface area contributed by atoms with Gasteiger partial charge in [-0.1, -0.05) is 13.8 Å². The van der Waals surface area contributed by atoms with E-state index < -0.39 is 0 Å². The van der Waals surface area contributed by atoms with Gasteiger partial charge in [0.25, 0.3) is 0 Å². The molecule has 2 N–H and O–H groups in total. The summed E-state index contributed by atoms with van der Waals surface area (Å²) in [7, 11) is 1.63. The summed E-state index contributed by atoms with van der Waals surface area (Å²) < 4.78 is 37.1. The maximum absolute atomic E-state index is 11.6. The van der Waals surface area contributed by atoms with Gasteiger partial charge >= 0.3 is 0 Å². The largest absolute Gasteiger partial charge is 0.382 e. The molecule has 0 aliphatic rings. The van der Waals surface area contributed by atoms with Gasteiger partial charge in [-0.05, 0) is 19.4 Å². The molecule has 0 atom stereocenters. The summed E-state index contributed by atoms with van der Waals surface area (Å²) in [5.74, 6) is -0.142. The van der Waals surface area contributed by atoms with E-state index in [0.717, 1.165) is 26.0 Å². The van der Waals surface area contributed by atoms with Crippen molar-refractivity contribution in [1.82, 2.24) is 10.6 Å². The monoisotopic (exact) mass is 466 g/mol. The van der Waals surface area contributed by atoms with Crippen LogP contribution in [0.5, 0.6) is 0 Å². The molecule has 0 aliphatic carbocycles. The lowest BCUT2D eigenvalue weighted by Gasteiger charge is -2.09. The minimum absolute atomic E-state index is 0.0265.